The van der Waals surface area contributed by atoms with Crippen LogP contribution in [0.4, 0.5) is 0 Å². The highest BCUT2D eigenvalue weighted by molar-refractivity contribution is 7.89. The van der Waals surface area contributed by atoms with Crippen molar-refractivity contribution in [2.45, 2.75) is 30.3 Å². The largest absolute Gasteiger partial charge is 0.347 e. The molecule has 1 aliphatic heterocycles. The van der Waals surface area contributed by atoms with Gasteiger partial charge in [0, 0.05) is 24.0 Å². The molecule has 1 fully saturated rings. The van der Waals surface area contributed by atoms with E-state index in [1.54, 1.807) is 5.38 Å². The molecule has 9 heteroatoms. The fourth-order valence-corrected chi connectivity index (χ4v) is 5.63. The highest BCUT2D eigenvalue weighted by atomic mass is 32.2. The van der Waals surface area contributed by atoms with E-state index >= 15 is 0 Å². The van der Waals surface area contributed by atoms with Crippen LogP contribution in [-0.2, 0) is 16.6 Å². The second kappa shape index (κ2) is 7.75. The average Bonchev–Trinajstić information content (AvgIpc) is 3.26. The second-order valence-corrected chi connectivity index (χ2v) is 9.22. The molecule has 1 saturated heterocycles. The lowest BCUT2D eigenvalue weighted by Gasteiger charge is -2.23. The van der Waals surface area contributed by atoms with Gasteiger partial charge in [-0.1, -0.05) is 6.07 Å². The first kappa shape index (κ1) is 17.6. The van der Waals surface area contributed by atoms with Crippen LogP contribution in [0.3, 0.4) is 0 Å². The number of rotatable bonds is 6. The lowest BCUT2D eigenvalue weighted by Crippen LogP contribution is -2.45. The lowest BCUT2D eigenvalue weighted by atomic mass is 10.1. The highest BCUT2D eigenvalue weighted by Crippen LogP contribution is 2.23. The fourth-order valence-electron chi connectivity index (χ4n) is 2.56. The third-order valence-corrected chi connectivity index (χ3v) is 7.14. The maximum absolute atomic E-state index is 12.5. The molecular formula is C15H19N3O3S3. The van der Waals surface area contributed by atoms with E-state index in [2.05, 4.69) is 15.4 Å². The van der Waals surface area contributed by atoms with Crippen LogP contribution in [0.15, 0.2) is 33.9 Å². The molecule has 3 N–H and O–H groups in total. The standard InChI is InChI=1S/C15H19N3O3S3/c19-15(18-11-3-1-6-16-9-11)14-13(5-8-23-14)24(20,21)17-10-12-4-2-7-22-12/h2,4-5,7-8,11,16-17H,1,3,6,9-10H2,(H,18,19). The zero-order valence-corrected chi connectivity index (χ0v) is 15.4. The van der Waals surface area contributed by atoms with Gasteiger partial charge in [0.1, 0.15) is 9.77 Å². The summed E-state index contributed by atoms with van der Waals surface area (Å²) in [7, 11) is -3.72. The molecule has 0 aromatic carbocycles. The Morgan fingerprint density at radius 1 is 1.29 bits per heavy atom. The molecule has 1 aliphatic rings. The Kier molecular flexibility index (Phi) is 5.67. The summed E-state index contributed by atoms with van der Waals surface area (Å²) in [5, 5.41) is 9.67. The molecular weight excluding hydrogens is 366 g/mol. The maximum Gasteiger partial charge on any atom is 0.263 e. The van der Waals surface area contributed by atoms with Crippen LogP contribution < -0.4 is 15.4 Å². The average molecular weight is 386 g/mol. The third kappa shape index (κ3) is 4.22. The zero-order valence-electron chi connectivity index (χ0n) is 12.9. The van der Waals surface area contributed by atoms with E-state index in [9.17, 15) is 13.2 Å². The van der Waals surface area contributed by atoms with Gasteiger partial charge in [-0.3, -0.25) is 4.79 Å². The number of piperidine rings is 1. The quantitative estimate of drug-likeness (QED) is 0.707. The van der Waals surface area contributed by atoms with Crippen molar-refractivity contribution in [3.8, 4) is 0 Å². The molecule has 3 rings (SSSR count). The summed E-state index contributed by atoms with van der Waals surface area (Å²) in [4.78, 5) is 13.7. The Hall–Kier alpha value is -1.26. The van der Waals surface area contributed by atoms with Crippen LogP contribution in [0.1, 0.15) is 27.4 Å². The molecule has 130 valence electrons. The summed E-state index contributed by atoms with van der Waals surface area (Å²) in [5.74, 6) is -0.324. The fraction of sp³-hybridized carbons (Fsp3) is 0.400. The van der Waals surface area contributed by atoms with Gasteiger partial charge in [-0.15, -0.1) is 22.7 Å². The number of sulfonamides is 1. The number of thiophene rings is 2. The van der Waals surface area contributed by atoms with Gasteiger partial charge in [0.05, 0.1) is 0 Å². The van der Waals surface area contributed by atoms with Crippen molar-refractivity contribution in [3.63, 3.8) is 0 Å². The van der Waals surface area contributed by atoms with Gasteiger partial charge in [0.2, 0.25) is 10.0 Å². The topological polar surface area (TPSA) is 87.3 Å². The minimum atomic E-state index is -3.72. The maximum atomic E-state index is 12.5. The molecule has 0 bridgehead atoms. The van der Waals surface area contributed by atoms with Crippen molar-refractivity contribution in [3.05, 3.63) is 38.7 Å². The van der Waals surface area contributed by atoms with E-state index in [0.29, 0.717) is 0 Å². The molecule has 24 heavy (non-hydrogen) atoms. The summed E-state index contributed by atoms with van der Waals surface area (Å²) < 4.78 is 27.6. The molecule has 0 spiro atoms. The molecule has 2 aromatic heterocycles. The second-order valence-electron chi connectivity index (χ2n) is 5.53. The van der Waals surface area contributed by atoms with Crippen molar-refractivity contribution in [1.82, 2.24) is 15.4 Å². The number of hydrogen-bond acceptors (Lipinski definition) is 6. The molecule has 1 amide bonds. The van der Waals surface area contributed by atoms with Crippen molar-refractivity contribution in [1.29, 1.82) is 0 Å². The minimum Gasteiger partial charge on any atom is -0.347 e. The Labute approximate surface area is 149 Å². The summed E-state index contributed by atoms with van der Waals surface area (Å²) >= 11 is 2.63. The first-order valence-corrected chi connectivity index (χ1v) is 10.9. The van der Waals surface area contributed by atoms with Gasteiger partial charge in [0.25, 0.3) is 5.91 Å². The molecule has 0 aliphatic carbocycles. The third-order valence-electron chi connectivity index (χ3n) is 3.77. The Balaban J connectivity index is 1.70. The first-order valence-electron chi connectivity index (χ1n) is 7.67. The predicted molar refractivity (Wildman–Crippen MR) is 96.0 cm³/mol. The van der Waals surface area contributed by atoms with Gasteiger partial charge in [-0.2, -0.15) is 0 Å². The van der Waals surface area contributed by atoms with Gasteiger partial charge in [-0.25, -0.2) is 13.1 Å². The van der Waals surface area contributed by atoms with E-state index in [1.807, 2.05) is 17.5 Å². The van der Waals surface area contributed by atoms with E-state index in [4.69, 9.17) is 0 Å². The molecule has 3 heterocycles. The predicted octanol–water partition coefficient (Wildman–Crippen LogP) is 1.77. The van der Waals surface area contributed by atoms with Gasteiger partial charge in [-0.05, 0) is 42.3 Å². The van der Waals surface area contributed by atoms with Gasteiger partial charge in [0.15, 0.2) is 0 Å². The van der Waals surface area contributed by atoms with Crippen LogP contribution in [0.2, 0.25) is 0 Å². The lowest BCUT2D eigenvalue weighted by molar-refractivity contribution is 0.0932. The molecule has 0 radical (unpaired) electrons. The normalized spacial score (nSPS) is 18.4. The van der Waals surface area contributed by atoms with Crippen LogP contribution in [0, 0.1) is 0 Å². The smallest absolute Gasteiger partial charge is 0.263 e. The number of amides is 1. The summed E-state index contributed by atoms with van der Waals surface area (Å²) in [6.07, 6.45) is 1.91. The summed E-state index contributed by atoms with van der Waals surface area (Å²) in [6, 6.07) is 5.26. The molecule has 2 aromatic rings. The van der Waals surface area contributed by atoms with Gasteiger partial charge < -0.3 is 10.6 Å². The number of carbonyl (C=O) groups excluding carboxylic acids is 1. The van der Waals surface area contributed by atoms with Crippen LogP contribution in [0.25, 0.3) is 0 Å². The zero-order chi connectivity index (χ0) is 17.0. The van der Waals surface area contributed by atoms with E-state index < -0.39 is 10.0 Å². The molecule has 1 unspecified atom stereocenters. The molecule has 0 saturated carbocycles. The summed E-state index contributed by atoms with van der Waals surface area (Å²) in [6.45, 7) is 1.90. The number of carbonyl (C=O) groups is 1. The van der Waals surface area contributed by atoms with Crippen molar-refractivity contribution < 1.29 is 13.2 Å². The Morgan fingerprint density at radius 3 is 2.88 bits per heavy atom. The highest BCUT2D eigenvalue weighted by Gasteiger charge is 2.25. The number of nitrogens with one attached hydrogen (secondary N) is 3. The number of hydrogen-bond donors (Lipinski definition) is 3. The van der Waals surface area contributed by atoms with E-state index in [1.165, 1.54) is 17.4 Å². The van der Waals surface area contributed by atoms with Crippen molar-refractivity contribution in [2.24, 2.45) is 0 Å². The van der Waals surface area contributed by atoms with Gasteiger partial charge >= 0.3 is 0 Å². The monoisotopic (exact) mass is 385 g/mol. The van der Waals surface area contributed by atoms with E-state index in [0.717, 1.165) is 42.1 Å². The first-order chi connectivity index (χ1) is 11.6. The van der Waals surface area contributed by atoms with Crippen molar-refractivity contribution >= 4 is 38.6 Å². The van der Waals surface area contributed by atoms with Crippen LogP contribution in [0.5, 0.6) is 0 Å². The van der Waals surface area contributed by atoms with Crippen molar-refractivity contribution in [2.75, 3.05) is 13.1 Å². The van der Waals surface area contributed by atoms with Crippen LogP contribution >= 0.6 is 22.7 Å². The Morgan fingerprint density at radius 2 is 2.17 bits per heavy atom. The molecule has 1 atom stereocenters. The van der Waals surface area contributed by atoms with Crippen LogP contribution in [-0.4, -0.2) is 33.5 Å². The summed E-state index contributed by atoms with van der Waals surface area (Å²) in [5.41, 5.74) is 0. The van der Waals surface area contributed by atoms with E-state index in [-0.39, 0.29) is 28.3 Å². The molecule has 6 nitrogen and oxygen atoms in total. The minimum absolute atomic E-state index is 0.0444. The Bertz CT molecular complexity index is 778. The SMILES string of the molecule is O=C(NC1CCCNC1)c1sccc1S(=O)(=O)NCc1cccs1.